The maximum absolute atomic E-state index is 12.3. The van der Waals surface area contributed by atoms with E-state index < -0.39 is 0 Å². The molecule has 4 rings (SSSR count). The van der Waals surface area contributed by atoms with Crippen molar-refractivity contribution in [2.45, 2.75) is 0 Å². The zero-order valence-corrected chi connectivity index (χ0v) is 14.2. The Hall–Kier alpha value is -3.32. The predicted octanol–water partition coefficient (Wildman–Crippen LogP) is 3.85. The normalized spacial score (nSPS) is 11.9. The van der Waals surface area contributed by atoms with E-state index in [0.717, 1.165) is 5.69 Å². The Bertz CT molecular complexity index is 946. The van der Waals surface area contributed by atoms with Crippen molar-refractivity contribution >= 4 is 34.7 Å². The second-order valence-electron chi connectivity index (χ2n) is 5.46. The lowest BCUT2D eigenvalue weighted by Crippen LogP contribution is -2.14. The van der Waals surface area contributed by atoms with E-state index in [0.29, 0.717) is 28.0 Å². The number of fused-ring (bicyclic) bond motifs is 1. The molecule has 1 aliphatic heterocycles. The monoisotopic (exact) mass is 368 g/mol. The number of hydrogen-bond donors (Lipinski definition) is 2. The number of ether oxygens (including phenoxy) is 2. The number of rotatable bonds is 4. The van der Waals surface area contributed by atoms with E-state index in [1.165, 1.54) is 0 Å². The Morgan fingerprint density at radius 1 is 0.923 bits per heavy atom. The van der Waals surface area contributed by atoms with Crippen molar-refractivity contribution in [1.82, 2.24) is 10.2 Å². The minimum Gasteiger partial charge on any atom is -0.454 e. The Balaban J connectivity index is 1.42. The van der Waals surface area contributed by atoms with Crippen LogP contribution in [0.2, 0.25) is 5.02 Å². The standard InChI is InChI=1S/C18H13ClN4O3/c19-11-1-3-12(4-2-11)20-17-8-6-14(22-23-17)18(24)21-13-5-7-15-16(9-13)26-10-25-15/h1-9H,10H2,(H,20,23)(H,21,24). The van der Waals surface area contributed by atoms with Gasteiger partial charge in [-0.1, -0.05) is 11.6 Å². The van der Waals surface area contributed by atoms with Crippen LogP contribution in [-0.2, 0) is 0 Å². The summed E-state index contributed by atoms with van der Waals surface area (Å²) in [7, 11) is 0. The molecule has 0 saturated heterocycles. The number of halogens is 1. The highest BCUT2D eigenvalue weighted by Gasteiger charge is 2.15. The minimum absolute atomic E-state index is 0.181. The fourth-order valence-electron chi connectivity index (χ4n) is 2.37. The smallest absolute Gasteiger partial charge is 0.276 e. The average Bonchev–Trinajstić information content (AvgIpc) is 3.12. The SMILES string of the molecule is O=C(Nc1ccc2c(c1)OCO2)c1ccc(Nc2ccc(Cl)cc2)nn1. The third kappa shape index (κ3) is 3.52. The first-order chi connectivity index (χ1) is 12.7. The number of anilines is 3. The van der Waals surface area contributed by atoms with Crippen molar-refractivity contribution in [3.05, 3.63) is 65.3 Å². The van der Waals surface area contributed by atoms with E-state index in [1.807, 2.05) is 12.1 Å². The van der Waals surface area contributed by atoms with Crippen molar-refractivity contribution in [1.29, 1.82) is 0 Å². The fourth-order valence-corrected chi connectivity index (χ4v) is 2.50. The Labute approximate surface area is 153 Å². The summed E-state index contributed by atoms with van der Waals surface area (Å²) in [5.74, 6) is 1.40. The molecule has 8 heteroatoms. The van der Waals surface area contributed by atoms with Crippen LogP contribution in [0.15, 0.2) is 54.6 Å². The van der Waals surface area contributed by atoms with Crippen LogP contribution >= 0.6 is 11.6 Å². The van der Waals surface area contributed by atoms with Gasteiger partial charge in [0.05, 0.1) is 0 Å². The molecule has 0 bridgehead atoms. The number of carbonyl (C=O) groups is 1. The van der Waals surface area contributed by atoms with Gasteiger partial charge in [0.2, 0.25) is 6.79 Å². The summed E-state index contributed by atoms with van der Waals surface area (Å²) in [6.07, 6.45) is 0. The van der Waals surface area contributed by atoms with Crippen LogP contribution in [0, 0.1) is 0 Å². The lowest BCUT2D eigenvalue weighted by molar-refractivity contribution is 0.102. The molecule has 2 N–H and O–H groups in total. The third-order valence-corrected chi connectivity index (χ3v) is 3.90. The second kappa shape index (κ2) is 6.89. The molecule has 1 aliphatic rings. The highest BCUT2D eigenvalue weighted by Crippen LogP contribution is 2.34. The summed E-state index contributed by atoms with van der Waals surface area (Å²) in [6.45, 7) is 0.181. The third-order valence-electron chi connectivity index (χ3n) is 3.64. The van der Waals surface area contributed by atoms with Gasteiger partial charge in [0.15, 0.2) is 23.0 Å². The minimum atomic E-state index is -0.366. The van der Waals surface area contributed by atoms with Gasteiger partial charge in [-0.3, -0.25) is 4.79 Å². The number of nitrogens with one attached hydrogen (secondary N) is 2. The van der Waals surface area contributed by atoms with Crippen LogP contribution in [0.3, 0.4) is 0 Å². The molecule has 0 fully saturated rings. The summed E-state index contributed by atoms with van der Waals surface area (Å²) in [5, 5.41) is 14.5. The number of benzene rings is 2. The quantitative estimate of drug-likeness (QED) is 0.727. The number of amides is 1. The Morgan fingerprint density at radius 3 is 2.46 bits per heavy atom. The predicted molar refractivity (Wildman–Crippen MR) is 97.3 cm³/mol. The van der Waals surface area contributed by atoms with E-state index in [1.54, 1.807) is 42.5 Å². The fraction of sp³-hybridized carbons (Fsp3) is 0.0556. The largest absolute Gasteiger partial charge is 0.454 e. The molecule has 2 heterocycles. The van der Waals surface area contributed by atoms with E-state index in [4.69, 9.17) is 21.1 Å². The summed E-state index contributed by atoms with van der Waals surface area (Å²) < 4.78 is 10.5. The van der Waals surface area contributed by atoms with Crippen molar-refractivity contribution in [2.75, 3.05) is 17.4 Å². The second-order valence-corrected chi connectivity index (χ2v) is 5.89. The van der Waals surface area contributed by atoms with Gasteiger partial charge in [-0.05, 0) is 48.5 Å². The summed E-state index contributed by atoms with van der Waals surface area (Å²) >= 11 is 5.85. The van der Waals surface area contributed by atoms with E-state index in [2.05, 4.69) is 20.8 Å². The van der Waals surface area contributed by atoms with Gasteiger partial charge in [0, 0.05) is 22.5 Å². The maximum atomic E-state index is 12.3. The van der Waals surface area contributed by atoms with Crippen LogP contribution in [-0.4, -0.2) is 22.9 Å². The summed E-state index contributed by atoms with van der Waals surface area (Å²) in [6, 6.07) is 15.6. The van der Waals surface area contributed by atoms with E-state index >= 15 is 0 Å². The van der Waals surface area contributed by atoms with E-state index in [-0.39, 0.29) is 18.4 Å². The summed E-state index contributed by atoms with van der Waals surface area (Å²) in [5.41, 5.74) is 1.61. The molecule has 0 radical (unpaired) electrons. The van der Waals surface area contributed by atoms with Gasteiger partial charge < -0.3 is 20.1 Å². The van der Waals surface area contributed by atoms with Crippen molar-refractivity contribution in [2.24, 2.45) is 0 Å². The Kier molecular flexibility index (Phi) is 4.28. The first kappa shape index (κ1) is 16.2. The molecule has 0 unspecified atom stereocenters. The molecule has 0 atom stereocenters. The molecule has 0 aliphatic carbocycles. The van der Waals surface area contributed by atoms with Gasteiger partial charge in [0.25, 0.3) is 5.91 Å². The maximum Gasteiger partial charge on any atom is 0.276 e. The summed E-state index contributed by atoms with van der Waals surface area (Å²) in [4.78, 5) is 12.3. The molecule has 0 saturated carbocycles. The molecule has 3 aromatic rings. The van der Waals surface area contributed by atoms with Crippen LogP contribution in [0.5, 0.6) is 11.5 Å². The lowest BCUT2D eigenvalue weighted by Gasteiger charge is -2.07. The van der Waals surface area contributed by atoms with Gasteiger partial charge in [-0.15, -0.1) is 10.2 Å². The Morgan fingerprint density at radius 2 is 1.69 bits per heavy atom. The zero-order chi connectivity index (χ0) is 17.9. The molecule has 26 heavy (non-hydrogen) atoms. The molecular weight excluding hydrogens is 356 g/mol. The van der Waals surface area contributed by atoms with Gasteiger partial charge >= 0.3 is 0 Å². The highest BCUT2D eigenvalue weighted by atomic mass is 35.5. The van der Waals surface area contributed by atoms with Crippen LogP contribution in [0.4, 0.5) is 17.2 Å². The van der Waals surface area contributed by atoms with E-state index in [9.17, 15) is 4.79 Å². The molecule has 2 aromatic carbocycles. The van der Waals surface area contributed by atoms with Crippen LogP contribution in [0.25, 0.3) is 0 Å². The lowest BCUT2D eigenvalue weighted by atomic mass is 10.2. The van der Waals surface area contributed by atoms with Gasteiger partial charge in [-0.2, -0.15) is 0 Å². The van der Waals surface area contributed by atoms with Crippen LogP contribution in [0.1, 0.15) is 10.5 Å². The van der Waals surface area contributed by atoms with Crippen LogP contribution < -0.4 is 20.1 Å². The number of aromatic nitrogens is 2. The molecular formula is C18H13ClN4O3. The molecule has 130 valence electrons. The number of carbonyl (C=O) groups excluding carboxylic acids is 1. The average molecular weight is 369 g/mol. The van der Waals surface area contributed by atoms with Gasteiger partial charge in [-0.25, -0.2) is 0 Å². The molecule has 0 spiro atoms. The van der Waals surface area contributed by atoms with Crippen molar-refractivity contribution in [3.63, 3.8) is 0 Å². The van der Waals surface area contributed by atoms with Gasteiger partial charge in [0.1, 0.15) is 0 Å². The molecule has 7 nitrogen and oxygen atoms in total. The molecule has 1 amide bonds. The van der Waals surface area contributed by atoms with Crippen molar-refractivity contribution < 1.29 is 14.3 Å². The van der Waals surface area contributed by atoms with Crippen molar-refractivity contribution in [3.8, 4) is 11.5 Å². The molecule has 1 aromatic heterocycles. The highest BCUT2D eigenvalue weighted by molar-refractivity contribution is 6.30. The number of nitrogens with zero attached hydrogens (tertiary/aromatic N) is 2. The number of hydrogen-bond acceptors (Lipinski definition) is 6. The zero-order valence-electron chi connectivity index (χ0n) is 13.4. The first-order valence-corrected chi connectivity index (χ1v) is 8.12. The first-order valence-electron chi connectivity index (χ1n) is 7.75. The topological polar surface area (TPSA) is 85.4 Å².